The molecular formula is C25H20Cl2N4O3S. The summed E-state index contributed by atoms with van der Waals surface area (Å²) in [5.41, 5.74) is 1.55. The lowest BCUT2D eigenvalue weighted by Crippen LogP contribution is -2.35. The Morgan fingerprint density at radius 2 is 1.71 bits per heavy atom. The molecule has 1 unspecified atom stereocenters. The monoisotopic (exact) mass is 526 g/mol. The van der Waals surface area contributed by atoms with Crippen LogP contribution < -0.4 is 15.6 Å². The molecule has 4 rings (SSSR count). The van der Waals surface area contributed by atoms with E-state index in [1.807, 2.05) is 18.2 Å². The number of amidine groups is 1. The molecule has 7 nitrogen and oxygen atoms in total. The van der Waals surface area contributed by atoms with Crippen molar-refractivity contribution < 1.29 is 14.4 Å². The summed E-state index contributed by atoms with van der Waals surface area (Å²) in [4.78, 5) is 38.2. The Bertz CT molecular complexity index is 1300. The summed E-state index contributed by atoms with van der Waals surface area (Å²) < 4.78 is 0. The quantitative estimate of drug-likeness (QED) is 0.409. The highest BCUT2D eigenvalue weighted by Crippen LogP contribution is 2.27. The second-order valence-electron chi connectivity index (χ2n) is 7.62. The van der Waals surface area contributed by atoms with Crippen LogP contribution in [0.3, 0.4) is 0 Å². The predicted octanol–water partition coefficient (Wildman–Crippen LogP) is 5.59. The number of benzene rings is 3. The van der Waals surface area contributed by atoms with Gasteiger partial charge >= 0.3 is 0 Å². The van der Waals surface area contributed by atoms with E-state index in [1.165, 1.54) is 22.8 Å². The third-order valence-electron chi connectivity index (χ3n) is 5.01. The van der Waals surface area contributed by atoms with Crippen molar-refractivity contribution in [3.8, 4) is 0 Å². The molecule has 0 spiro atoms. The second-order valence-corrected chi connectivity index (χ2v) is 9.87. The lowest BCUT2D eigenvalue weighted by molar-refractivity contribution is -0.118. The van der Waals surface area contributed by atoms with Crippen molar-refractivity contribution in [2.45, 2.75) is 23.5 Å². The Labute approximate surface area is 216 Å². The van der Waals surface area contributed by atoms with E-state index in [1.54, 1.807) is 55.5 Å². The highest BCUT2D eigenvalue weighted by atomic mass is 35.5. The molecule has 3 aromatic carbocycles. The minimum atomic E-state index is -0.438. The Hall–Kier alpha value is -3.33. The summed E-state index contributed by atoms with van der Waals surface area (Å²) in [5.74, 6) is -0.498. The fourth-order valence-corrected chi connectivity index (χ4v) is 4.62. The van der Waals surface area contributed by atoms with Gasteiger partial charge in [-0.25, -0.2) is 0 Å². The molecule has 1 aliphatic heterocycles. The van der Waals surface area contributed by atoms with Crippen LogP contribution in [0.1, 0.15) is 23.7 Å². The first-order valence-corrected chi connectivity index (χ1v) is 12.2. The van der Waals surface area contributed by atoms with Crippen LogP contribution in [0.25, 0.3) is 0 Å². The number of para-hydroxylation sites is 1. The van der Waals surface area contributed by atoms with E-state index in [0.29, 0.717) is 27.8 Å². The molecule has 1 aliphatic rings. The summed E-state index contributed by atoms with van der Waals surface area (Å²) >= 11 is 13.3. The fourth-order valence-electron chi connectivity index (χ4n) is 3.26. The van der Waals surface area contributed by atoms with Gasteiger partial charge in [-0.3, -0.25) is 14.4 Å². The number of nitrogens with zero attached hydrogens (tertiary/aromatic N) is 2. The number of halogens is 2. The van der Waals surface area contributed by atoms with Gasteiger partial charge in [-0.05, 0) is 61.5 Å². The predicted molar refractivity (Wildman–Crippen MR) is 140 cm³/mol. The molecule has 0 aromatic heterocycles. The average molecular weight is 527 g/mol. The normalized spacial score (nSPS) is 13.9. The maximum absolute atomic E-state index is 12.7. The lowest BCUT2D eigenvalue weighted by atomic mass is 10.2. The number of carbonyl (C=O) groups excluding carboxylic acids is 3. The Morgan fingerprint density at radius 1 is 1.00 bits per heavy atom. The third kappa shape index (κ3) is 6.22. The van der Waals surface area contributed by atoms with Gasteiger partial charge in [-0.2, -0.15) is 10.1 Å². The van der Waals surface area contributed by atoms with E-state index in [-0.39, 0.29) is 29.2 Å². The summed E-state index contributed by atoms with van der Waals surface area (Å²) in [6.45, 7) is 1.77. The van der Waals surface area contributed by atoms with Crippen LogP contribution in [0.5, 0.6) is 0 Å². The number of amides is 3. The summed E-state index contributed by atoms with van der Waals surface area (Å²) in [6.07, 6.45) is 0.0318. The van der Waals surface area contributed by atoms with E-state index in [0.717, 1.165) is 4.90 Å². The van der Waals surface area contributed by atoms with Gasteiger partial charge in [0.15, 0.2) is 0 Å². The van der Waals surface area contributed by atoms with Crippen molar-refractivity contribution in [1.82, 2.24) is 5.32 Å². The van der Waals surface area contributed by atoms with Crippen LogP contribution in [-0.2, 0) is 9.59 Å². The highest BCUT2D eigenvalue weighted by Gasteiger charge is 2.27. The van der Waals surface area contributed by atoms with Crippen molar-refractivity contribution in [3.05, 3.63) is 88.4 Å². The van der Waals surface area contributed by atoms with Crippen LogP contribution >= 0.6 is 35.0 Å². The second kappa shape index (κ2) is 10.9. The third-order valence-corrected chi connectivity index (χ3v) is 6.67. The summed E-state index contributed by atoms with van der Waals surface area (Å²) in [6, 6.07) is 20.8. The lowest BCUT2D eigenvalue weighted by Gasteiger charge is -2.12. The van der Waals surface area contributed by atoms with Gasteiger partial charge in [0.25, 0.3) is 11.8 Å². The van der Waals surface area contributed by atoms with Crippen LogP contribution in [0, 0.1) is 0 Å². The van der Waals surface area contributed by atoms with Crippen molar-refractivity contribution in [3.63, 3.8) is 0 Å². The molecular weight excluding hydrogens is 507 g/mol. The van der Waals surface area contributed by atoms with Gasteiger partial charge < -0.3 is 10.6 Å². The topological polar surface area (TPSA) is 90.9 Å². The maximum Gasteiger partial charge on any atom is 0.257 e. The largest absolute Gasteiger partial charge is 0.322 e. The Morgan fingerprint density at radius 3 is 2.40 bits per heavy atom. The molecule has 3 aromatic rings. The number of hydrogen-bond acceptors (Lipinski definition) is 5. The Balaban J connectivity index is 1.32. The van der Waals surface area contributed by atoms with Crippen molar-refractivity contribution in [2.75, 3.05) is 10.3 Å². The van der Waals surface area contributed by atoms with E-state index < -0.39 is 5.25 Å². The number of rotatable bonds is 6. The van der Waals surface area contributed by atoms with E-state index in [9.17, 15) is 14.4 Å². The van der Waals surface area contributed by atoms with Crippen molar-refractivity contribution >= 4 is 69.9 Å². The van der Waals surface area contributed by atoms with Gasteiger partial charge in [-0.15, -0.1) is 11.8 Å². The number of thioether (sulfide) groups is 1. The van der Waals surface area contributed by atoms with Crippen LogP contribution in [0.2, 0.25) is 10.0 Å². The smallest absolute Gasteiger partial charge is 0.257 e. The number of nitrogens with one attached hydrogen (secondary N) is 2. The summed E-state index contributed by atoms with van der Waals surface area (Å²) in [7, 11) is 0. The minimum Gasteiger partial charge on any atom is -0.322 e. The zero-order valence-electron chi connectivity index (χ0n) is 18.5. The van der Waals surface area contributed by atoms with Gasteiger partial charge in [0, 0.05) is 15.6 Å². The molecule has 0 radical (unpaired) electrons. The van der Waals surface area contributed by atoms with Crippen LogP contribution in [-0.4, -0.2) is 28.8 Å². The first-order valence-electron chi connectivity index (χ1n) is 10.6. The zero-order valence-corrected chi connectivity index (χ0v) is 20.8. The van der Waals surface area contributed by atoms with Crippen LogP contribution in [0.4, 0.5) is 11.4 Å². The first kappa shape index (κ1) is 24.8. The minimum absolute atomic E-state index is 0.0318. The van der Waals surface area contributed by atoms with E-state index in [4.69, 9.17) is 23.2 Å². The van der Waals surface area contributed by atoms with Gasteiger partial charge in [0.05, 0.1) is 27.9 Å². The van der Waals surface area contributed by atoms with Gasteiger partial charge in [-0.1, -0.05) is 41.4 Å². The molecule has 0 aliphatic carbocycles. The molecule has 0 saturated carbocycles. The number of anilines is 2. The Kier molecular flexibility index (Phi) is 7.75. The molecule has 1 atom stereocenters. The average Bonchev–Trinajstić information content (AvgIpc) is 3.20. The maximum atomic E-state index is 12.7. The molecule has 0 fully saturated rings. The van der Waals surface area contributed by atoms with Crippen molar-refractivity contribution in [2.24, 2.45) is 5.10 Å². The van der Waals surface area contributed by atoms with Gasteiger partial charge in [0.2, 0.25) is 5.91 Å². The summed E-state index contributed by atoms with van der Waals surface area (Å²) in [5, 5.41) is 11.3. The fraction of sp³-hybridized carbons (Fsp3) is 0.120. The number of hydrogen-bond donors (Lipinski definition) is 2. The standard InChI is InChI=1S/C25H20Cl2N4O3S/c1-15(24(33)29-22-14-23(32)31(30-22)18-5-3-2-4-6-18)35-19-10-8-17(9-11-19)28-25(34)20-12-7-16(26)13-21(20)27/h2-13,15H,14H2,1H3,(H,28,34)(H,29,30,33). The molecule has 1 heterocycles. The molecule has 2 N–H and O–H groups in total. The van der Waals surface area contributed by atoms with E-state index >= 15 is 0 Å². The van der Waals surface area contributed by atoms with Crippen LogP contribution in [0.15, 0.2) is 82.8 Å². The molecule has 178 valence electrons. The molecule has 35 heavy (non-hydrogen) atoms. The van der Waals surface area contributed by atoms with E-state index in [2.05, 4.69) is 15.7 Å². The van der Waals surface area contributed by atoms with Gasteiger partial charge in [0.1, 0.15) is 5.84 Å². The zero-order chi connectivity index (χ0) is 24.9. The molecule has 0 saturated heterocycles. The SMILES string of the molecule is CC(Sc1ccc(NC(=O)c2ccc(Cl)cc2Cl)cc1)C(=O)NC1=NN(c2ccccc2)C(=O)C1. The first-order chi connectivity index (χ1) is 16.8. The number of hydrazone groups is 1. The highest BCUT2D eigenvalue weighted by molar-refractivity contribution is 8.00. The number of carbonyl (C=O) groups is 3. The van der Waals surface area contributed by atoms with Crippen molar-refractivity contribution in [1.29, 1.82) is 0 Å². The molecule has 3 amide bonds. The molecule has 10 heteroatoms. The molecule has 0 bridgehead atoms.